The van der Waals surface area contributed by atoms with Crippen LogP contribution in [0.1, 0.15) is 458 Å². The van der Waals surface area contributed by atoms with Crippen LogP contribution in [0.2, 0.25) is 0 Å². The van der Waals surface area contributed by atoms with Gasteiger partial charge in [0.25, 0.3) is 0 Å². The lowest BCUT2D eigenvalue weighted by molar-refractivity contribution is -0.161. The normalized spacial score (nSPS) is 13.8. The number of unbranched alkanes of at least 4 members (excludes halogenated alkanes) is 57. The van der Waals surface area contributed by atoms with Crippen LogP contribution in [-0.2, 0) is 65.4 Å². The van der Waals surface area contributed by atoms with Crippen molar-refractivity contribution in [1.82, 2.24) is 0 Å². The molecule has 5 atom stereocenters. The Morgan fingerprint density at radius 2 is 0.442 bits per heavy atom. The molecule has 0 amide bonds. The van der Waals surface area contributed by atoms with Crippen molar-refractivity contribution in [1.29, 1.82) is 0 Å². The number of esters is 4. The summed E-state index contributed by atoms with van der Waals surface area (Å²) in [4.78, 5) is 73.2. The zero-order chi connectivity index (χ0) is 76.2. The van der Waals surface area contributed by atoms with Crippen molar-refractivity contribution in [2.24, 2.45) is 5.92 Å². The van der Waals surface area contributed by atoms with Crippen LogP contribution in [0.25, 0.3) is 0 Å². The number of carbonyl (C=O) groups is 4. The molecule has 0 radical (unpaired) electrons. The third kappa shape index (κ3) is 78.2. The van der Waals surface area contributed by atoms with E-state index in [1.54, 1.807) is 0 Å². The van der Waals surface area contributed by atoms with Gasteiger partial charge < -0.3 is 33.8 Å². The smallest absolute Gasteiger partial charge is 0.462 e. The minimum Gasteiger partial charge on any atom is -0.462 e. The molecule has 0 aromatic heterocycles. The van der Waals surface area contributed by atoms with E-state index >= 15 is 0 Å². The van der Waals surface area contributed by atoms with E-state index in [1.807, 2.05) is 0 Å². The summed E-state index contributed by atoms with van der Waals surface area (Å²) < 4.78 is 68.9. The van der Waals surface area contributed by atoms with Gasteiger partial charge in [-0.1, -0.05) is 407 Å². The summed E-state index contributed by atoms with van der Waals surface area (Å²) in [5, 5.41) is 10.7. The molecule has 0 heterocycles. The molecule has 0 aromatic rings. The van der Waals surface area contributed by atoms with Crippen LogP contribution in [0.15, 0.2) is 0 Å². The molecule has 0 aliphatic carbocycles. The Balaban J connectivity index is 5.23. The van der Waals surface area contributed by atoms with E-state index in [9.17, 15) is 43.2 Å². The van der Waals surface area contributed by atoms with Gasteiger partial charge >= 0.3 is 39.5 Å². The van der Waals surface area contributed by atoms with Crippen LogP contribution in [0.5, 0.6) is 0 Å². The van der Waals surface area contributed by atoms with Gasteiger partial charge in [0.15, 0.2) is 12.2 Å². The predicted molar refractivity (Wildman–Crippen MR) is 428 cm³/mol. The van der Waals surface area contributed by atoms with Crippen molar-refractivity contribution in [2.45, 2.75) is 477 Å². The van der Waals surface area contributed by atoms with Gasteiger partial charge in [0.2, 0.25) is 0 Å². The molecule has 0 spiro atoms. The molecule has 0 aliphatic rings. The Kier molecular flexibility index (Phi) is 76.3. The molecule has 0 saturated carbocycles. The van der Waals surface area contributed by atoms with Crippen LogP contribution in [0.4, 0.5) is 0 Å². The number of phosphoric acid groups is 2. The molecular formula is C85H166O17P2. The third-order valence-electron chi connectivity index (χ3n) is 20.0. The molecule has 2 unspecified atom stereocenters. The van der Waals surface area contributed by atoms with Crippen molar-refractivity contribution < 1.29 is 80.2 Å². The Bertz CT molecular complexity index is 1980. The lowest BCUT2D eigenvalue weighted by Gasteiger charge is -2.21. The van der Waals surface area contributed by atoms with Gasteiger partial charge in [0, 0.05) is 25.7 Å². The molecule has 618 valence electrons. The van der Waals surface area contributed by atoms with Crippen molar-refractivity contribution in [2.75, 3.05) is 39.6 Å². The minimum absolute atomic E-state index is 0.108. The minimum atomic E-state index is -4.96. The predicted octanol–water partition coefficient (Wildman–Crippen LogP) is 26.0. The molecule has 0 rings (SSSR count). The first-order valence-corrected chi connectivity index (χ1v) is 47.1. The highest BCUT2D eigenvalue weighted by Crippen LogP contribution is 2.45. The second-order valence-corrected chi connectivity index (χ2v) is 34.0. The van der Waals surface area contributed by atoms with Gasteiger partial charge in [0.05, 0.1) is 26.4 Å². The summed E-state index contributed by atoms with van der Waals surface area (Å²) in [6.45, 7) is 7.39. The second-order valence-electron chi connectivity index (χ2n) is 31.1. The Morgan fingerprint density at radius 1 is 0.260 bits per heavy atom. The molecule has 0 fully saturated rings. The highest BCUT2D eigenvalue weighted by Gasteiger charge is 2.30. The van der Waals surface area contributed by atoms with Gasteiger partial charge in [-0.3, -0.25) is 37.3 Å². The number of hydrogen-bond donors (Lipinski definition) is 3. The van der Waals surface area contributed by atoms with Crippen LogP contribution in [0.3, 0.4) is 0 Å². The summed E-state index contributed by atoms with van der Waals surface area (Å²) in [5.74, 6) is -1.29. The quantitative estimate of drug-likeness (QED) is 0.0222. The summed E-state index contributed by atoms with van der Waals surface area (Å²) >= 11 is 0. The zero-order valence-corrected chi connectivity index (χ0v) is 70.0. The molecule has 104 heavy (non-hydrogen) atoms. The van der Waals surface area contributed by atoms with Crippen molar-refractivity contribution >= 4 is 39.5 Å². The SMILES string of the molecule is CCCCCCCCCCCCCCCCCCCCCCCC(=O)O[C@H](COC(=O)CCCCCCCCCCCCCCCCCC(C)C)COP(=O)(O)OC[C@@H](O)COP(=O)(O)OC[C@@H](COC(=O)CCCCCCCCCCCCCC)OC(=O)CCCCCCCCCCCCCCC. The number of phosphoric ester groups is 2. The van der Waals surface area contributed by atoms with Gasteiger partial charge in [-0.15, -0.1) is 0 Å². The maximum absolute atomic E-state index is 13.1. The average molecular weight is 1520 g/mol. The fourth-order valence-electron chi connectivity index (χ4n) is 13.3. The number of hydrogen-bond acceptors (Lipinski definition) is 15. The molecule has 3 N–H and O–H groups in total. The van der Waals surface area contributed by atoms with E-state index in [2.05, 4.69) is 34.6 Å². The van der Waals surface area contributed by atoms with Crippen molar-refractivity contribution in [3.05, 3.63) is 0 Å². The first-order valence-electron chi connectivity index (χ1n) is 44.1. The van der Waals surface area contributed by atoms with E-state index in [-0.39, 0.29) is 25.7 Å². The average Bonchev–Trinajstić information content (AvgIpc) is 0.910. The highest BCUT2D eigenvalue weighted by molar-refractivity contribution is 7.47. The fraction of sp³-hybridized carbons (Fsp3) is 0.953. The standard InChI is InChI=1S/C85H166O17P2/c1-6-9-12-15-18-21-24-27-28-29-30-31-32-33-36-41-46-51-56-61-66-71-85(90)102-81(75-96-83(88)69-64-59-54-49-44-40-37-34-35-39-42-47-52-57-62-67-78(4)5)77-100-104(93,94)98-73-79(86)72-97-103(91,92)99-76-80(74-95-82(87)68-63-58-53-48-43-26-23-20-17-14-11-8-3)101-84(89)70-65-60-55-50-45-38-25-22-19-16-13-10-7-2/h78-81,86H,6-77H2,1-5H3,(H,91,92)(H,93,94)/t79-,80+,81+/m0/s1. The number of aliphatic hydroxyl groups excluding tert-OH is 1. The summed E-state index contributed by atoms with van der Waals surface area (Å²) in [5.41, 5.74) is 0. The Labute approximate surface area is 638 Å². The Hall–Kier alpha value is -1.94. The van der Waals surface area contributed by atoms with E-state index in [4.69, 9.17) is 37.0 Å². The molecule has 0 aromatic carbocycles. The molecule has 19 heteroatoms. The lowest BCUT2D eigenvalue weighted by atomic mass is 10.0. The van der Waals surface area contributed by atoms with Gasteiger partial charge in [-0.25, -0.2) is 9.13 Å². The number of ether oxygens (including phenoxy) is 4. The maximum atomic E-state index is 13.1. The van der Waals surface area contributed by atoms with E-state index < -0.39 is 97.5 Å². The summed E-state index contributed by atoms with van der Waals surface area (Å²) in [7, 11) is -9.92. The van der Waals surface area contributed by atoms with Crippen LogP contribution in [-0.4, -0.2) is 96.7 Å². The van der Waals surface area contributed by atoms with Gasteiger partial charge in [-0.2, -0.15) is 0 Å². The monoisotopic (exact) mass is 1520 g/mol. The molecule has 0 saturated heterocycles. The molecular weight excluding hydrogens is 1350 g/mol. The first kappa shape index (κ1) is 102. The Morgan fingerprint density at radius 3 is 0.654 bits per heavy atom. The molecule has 0 bridgehead atoms. The third-order valence-corrected chi connectivity index (χ3v) is 21.9. The van der Waals surface area contributed by atoms with Gasteiger partial charge in [-0.05, 0) is 31.6 Å². The van der Waals surface area contributed by atoms with Crippen LogP contribution >= 0.6 is 15.6 Å². The lowest BCUT2D eigenvalue weighted by Crippen LogP contribution is -2.30. The second kappa shape index (κ2) is 77.8. The van der Waals surface area contributed by atoms with E-state index in [0.717, 1.165) is 95.8 Å². The molecule has 17 nitrogen and oxygen atoms in total. The highest BCUT2D eigenvalue weighted by atomic mass is 31.2. The van der Waals surface area contributed by atoms with Crippen LogP contribution in [0, 0.1) is 5.92 Å². The summed E-state index contributed by atoms with van der Waals surface area (Å²) in [6, 6.07) is 0. The topological polar surface area (TPSA) is 237 Å². The van der Waals surface area contributed by atoms with Gasteiger partial charge in [0.1, 0.15) is 19.3 Å². The fourth-order valence-corrected chi connectivity index (χ4v) is 14.9. The zero-order valence-electron chi connectivity index (χ0n) is 68.2. The van der Waals surface area contributed by atoms with Crippen molar-refractivity contribution in [3.63, 3.8) is 0 Å². The maximum Gasteiger partial charge on any atom is 0.472 e. The number of rotatable bonds is 85. The largest absolute Gasteiger partial charge is 0.472 e. The van der Waals surface area contributed by atoms with E-state index in [0.29, 0.717) is 25.7 Å². The first-order chi connectivity index (χ1) is 50.5. The number of aliphatic hydroxyl groups is 1. The van der Waals surface area contributed by atoms with E-state index in [1.165, 1.54) is 283 Å². The molecule has 0 aliphatic heterocycles. The van der Waals surface area contributed by atoms with Crippen LogP contribution < -0.4 is 0 Å². The summed E-state index contributed by atoms with van der Waals surface area (Å²) in [6.07, 6.45) is 70.7. The number of carbonyl (C=O) groups excluding carboxylic acids is 4. The van der Waals surface area contributed by atoms with Crippen molar-refractivity contribution in [3.8, 4) is 0 Å².